The molecule has 0 amide bonds. The maximum Gasteiger partial charge on any atom is 0.155 e. The zero-order valence-electron chi connectivity index (χ0n) is 11.6. The second-order valence-corrected chi connectivity index (χ2v) is 6.49. The Bertz CT molecular complexity index is 420. The zero-order valence-corrected chi connectivity index (χ0v) is 12.5. The van der Waals surface area contributed by atoms with Crippen LogP contribution in [0.1, 0.15) is 25.0 Å². The van der Waals surface area contributed by atoms with Crippen molar-refractivity contribution in [2.24, 2.45) is 0 Å². The maximum absolute atomic E-state index is 13.4. The van der Waals surface area contributed by atoms with Gasteiger partial charge in [0.1, 0.15) is 6.17 Å². The predicted molar refractivity (Wildman–Crippen MR) is 77.5 cm³/mol. The summed E-state index contributed by atoms with van der Waals surface area (Å²) in [4.78, 5) is 0. The van der Waals surface area contributed by atoms with Gasteiger partial charge in [0.05, 0.1) is 5.75 Å². The van der Waals surface area contributed by atoms with Gasteiger partial charge in [-0.1, -0.05) is 29.8 Å². The first kappa shape index (κ1) is 16.3. The number of hydrogen-bond donors (Lipinski definition) is 2. The van der Waals surface area contributed by atoms with E-state index in [1.807, 2.05) is 20.8 Å². The molecule has 19 heavy (non-hydrogen) atoms. The first-order valence-electron chi connectivity index (χ1n) is 6.30. The number of hydrogen-bond acceptors (Lipinski definition) is 2. The summed E-state index contributed by atoms with van der Waals surface area (Å²) in [6, 6.07) is 8.24. The van der Waals surface area contributed by atoms with E-state index in [4.69, 9.17) is 4.55 Å². The fourth-order valence-corrected chi connectivity index (χ4v) is 2.31. The average Bonchev–Trinajstić information content (AvgIpc) is 2.29. The smallest absolute Gasteiger partial charge is 0.155 e. The lowest BCUT2D eigenvalue weighted by Gasteiger charge is -2.27. The van der Waals surface area contributed by atoms with Gasteiger partial charge in [-0.3, -0.25) is 0 Å². The molecule has 0 saturated heterocycles. The summed E-state index contributed by atoms with van der Waals surface area (Å²) in [7, 11) is 0. The van der Waals surface area contributed by atoms with E-state index in [1.54, 1.807) is 0 Å². The van der Waals surface area contributed by atoms with Crippen LogP contribution in [0.3, 0.4) is 0 Å². The van der Waals surface area contributed by atoms with Gasteiger partial charge in [-0.25, -0.2) is 8.60 Å². The van der Waals surface area contributed by atoms with Gasteiger partial charge in [0.2, 0.25) is 0 Å². The van der Waals surface area contributed by atoms with Crippen molar-refractivity contribution in [2.45, 2.75) is 38.9 Å². The van der Waals surface area contributed by atoms with Crippen LogP contribution < -0.4 is 5.32 Å². The zero-order chi connectivity index (χ0) is 14.5. The number of rotatable bonds is 7. The molecule has 0 aromatic heterocycles. The molecule has 1 rings (SSSR count). The van der Waals surface area contributed by atoms with Crippen molar-refractivity contribution in [3.05, 3.63) is 35.4 Å². The fraction of sp³-hybridized carbons (Fsp3) is 0.571. The Morgan fingerprint density at radius 2 is 1.95 bits per heavy atom. The van der Waals surface area contributed by atoms with Crippen LogP contribution in [0.5, 0.6) is 0 Å². The standard InChI is InChI=1S/C14H22FNO2S/c1-11-4-6-12(7-5-11)8-14(2,3)16-9-13(15)10-19(17)18/h4-7,13,16H,8-10H2,1-3H3,(H,17,18). The van der Waals surface area contributed by atoms with Crippen molar-refractivity contribution in [3.63, 3.8) is 0 Å². The van der Waals surface area contributed by atoms with Crippen LogP contribution in [-0.2, 0) is 17.5 Å². The molecular weight excluding hydrogens is 265 g/mol. The van der Waals surface area contributed by atoms with Crippen LogP contribution in [0.25, 0.3) is 0 Å². The Hall–Kier alpha value is -0.780. The highest BCUT2D eigenvalue weighted by Crippen LogP contribution is 2.13. The highest BCUT2D eigenvalue weighted by molar-refractivity contribution is 7.79. The molecule has 0 aliphatic carbocycles. The van der Waals surface area contributed by atoms with Gasteiger partial charge >= 0.3 is 0 Å². The number of alkyl halides is 1. The number of aryl methyl sites for hydroxylation is 1. The monoisotopic (exact) mass is 287 g/mol. The molecule has 0 saturated carbocycles. The molecule has 1 aromatic rings. The Labute approximate surface area is 116 Å². The summed E-state index contributed by atoms with van der Waals surface area (Å²) in [5.74, 6) is -0.340. The lowest BCUT2D eigenvalue weighted by atomic mass is 9.94. The quantitative estimate of drug-likeness (QED) is 0.757. The summed E-state index contributed by atoms with van der Waals surface area (Å²) < 4.78 is 32.5. The molecule has 1 aromatic carbocycles. The van der Waals surface area contributed by atoms with E-state index >= 15 is 0 Å². The van der Waals surface area contributed by atoms with Crippen molar-refractivity contribution in [1.82, 2.24) is 5.32 Å². The first-order chi connectivity index (χ1) is 8.78. The molecule has 3 nitrogen and oxygen atoms in total. The van der Waals surface area contributed by atoms with E-state index in [1.165, 1.54) is 11.1 Å². The Kier molecular flexibility index (Phi) is 6.10. The molecule has 0 aliphatic rings. The second kappa shape index (κ2) is 7.12. The maximum atomic E-state index is 13.4. The largest absolute Gasteiger partial charge is 0.309 e. The van der Waals surface area contributed by atoms with Gasteiger partial charge < -0.3 is 9.87 Å². The van der Waals surface area contributed by atoms with Gasteiger partial charge in [-0.15, -0.1) is 0 Å². The highest BCUT2D eigenvalue weighted by atomic mass is 32.2. The van der Waals surface area contributed by atoms with Gasteiger partial charge in [0.25, 0.3) is 0 Å². The third kappa shape index (κ3) is 6.80. The molecule has 2 unspecified atom stereocenters. The molecule has 2 N–H and O–H groups in total. The minimum atomic E-state index is -2.08. The molecule has 0 fully saturated rings. The second-order valence-electron chi connectivity index (χ2n) is 5.51. The molecule has 108 valence electrons. The summed E-state index contributed by atoms with van der Waals surface area (Å²) in [5.41, 5.74) is 2.14. The van der Waals surface area contributed by atoms with E-state index in [0.717, 1.165) is 6.42 Å². The van der Waals surface area contributed by atoms with E-state index in [2.05, 4.69) is 29.6 Å². The molecular formula is C14H22FNO2S. The van der Waals surface area contributed by atoms with Crippen LogP contribution in [0.2, 0.25) is 0 Å². The SMILES string of the molecule is Cc1ccc(CC(C)(C)NCC(F)CS(=O)O)cc1. The molecule has 0 spiro atoms. The fourth-order valence-electron chi connectivity index (χ4n) is 1.88. The van der Waals surface area contributed by atoms with Gasteiger partial charge in [0, 0.05) is 12.1 Å². The van der Waals surface area contributed by atoms with Crippen molar-refractivity contribution in [1.29, 1.82) is 0 Å². The highest BCUT2D eigenvalue weighted by Gasteiger charge is 2.20. The number of halogens is 1. The van der Waals surface area contributed by atoms with Crippen molar-refractivity contribution < 1.29 is 13.2 Å². The van der Waals surface area contributed by atoms with Crippen molar-refractivity contribution in [3.8, 4) is 0 Å². The summed E-state index contributed by atoms with van der Waals surface area (Å²) in [6.45, 7) is 6.12. The molecule has 5 heteroatoms. The molecule has 0 aliphatic heterocycles. The van der Waals surface area contributed by atoms with E-state index in [9.17, 15) is 8.60 Å². The van der Waals surface area contributed by atoms with Gasteiger partial charge in [0.15, 0.2) is 11.1 Å². The normalized spacial score (nSPS) is 15.2. The van der Waals surface area contributed by atoms with Crippen molar-refractivity contribution in [2.75, 3.05) is 12.3 Å². The number of benzene rings is 1. The summed E-state index contributed by atoms with van der Waals surface area (Å²) in [6.07, 6.45) is -0.523. The Balaban J connectivity index is 2.47. The lowest BCUT2D eigenvalue weighted by Crippen LogP contribution is -2.45. The van der Waals surface area contributed by atoms with E-state index in [0.29, 0.717) is 0 Å². The van der Waals surface area contributed by atoms with E-state index in [-0.39, 0.29) is 17.8 Å². The lowest BCUT2D eigenvalue weighted by molar-refractivity contribution is 0.293. The Morgan fingerprint density at radius 3 is 2.47 bits per heavy atom. The summed E-state index contributed by atoms with van der Waals surface area (Å²) >= 11 is -2.08. The van der Waals surface area contributed by atoms with Crippen molar-refractivity contribution >= 4 is 11.1 Å². The summed E-state index contributed by atoms with van der Waals surface area (Å²) in [5, 5.41) is 3.11. The van der Waals surface area contributed by atoms with Crippen LogP contribution >= 0.6 is 0 Å². The van der Waals surface area contributed by atoms with Crippen LogP contribution in [0, 0.1) is 6.92 Å². The van der Waals surface area contributed by atoms with Gasteiger partial charge in [-0.05, 0) is 32.8 Å². The van der Waals surface area contributed by atoms with Crippen LogP contribution in [0.4, 0.5) is 4.39 Å². The molecule has 0 radical (unpaired) electrons. The van der Waals surface area contributed by atoms with Crippen LogP contribution in [0.15, 0.2) is 24.3 Å². The predicted octanol–water partition coefficient (Wildman–Crippen LogP) is 2.47. The average molecular weight is 287 g/mol. The topological polar surface area (TPSA) is 49.3 Å². The minimum Gasteiger partial charge on any atom is -0.309 e. The Morgan fingerprint density at radius 1 is 1.37 bits per heavy atom. The third-order valence-electron chi connectivity index (χ3n) is 2.89. The molecule has 2 atom stereocenters. The van der Waals surface area contributed by atoms with Gasteiger partial charge in [-0.2, -0.15) is 0 Å². The number of nitrogens with one attached hydrogen (secondary N) is 1. The molecule has 0 bridgehead atoms. The molecule has 0 heterocycles. The van der Waals surface area contributed by atoms with E-state index < -0.39 is 17.3 Å². The van der Waals surface area contributed by atoms with Crippen LogP contribution in [-0.4, -0.2) is 32.8 Å². The first-order valence-corrected chi connectivity index (χ1v) is 7.58. The minimum absolute atomic E-state index is 0.0885. The third-order valence-corrected chi connectivity index (χ3v) is 3.54.